The fourth-order valence-electron chi connectivity index (χ4n) is 2.78. The normalized spacial score (nSPS) is 20.3. The molecule has 1 saturated heterocycles. The van der Waals surface area contributed by atoms with Crippen molar-refractivity contribution in [3.05, 3.63) is 23.7 Å². The maximum absolute atomic E-state index is 5.91. The zero-order valence-electron chi connectivity index (χ0n) is 13.7. The van der Waals surface area contributed by atoms with Gasteiger partial charge in [-0.2, -0.15) is 0 Å². The van der Waals surface area contributed by atoms with Crippen LogP contribution in [0.15, 0.2) is 16.7 Å². The minimum Gasteiger partial charge on any atom is -0.468 e. The van der Waals surface area contributed by atoms with E-state index < -0.39 is 0 Å². The molecule has 21 heavy (non-hydrogen) atoms. The number of hydrogen-bond acceptors (Lipinski definition) is 4. The van der Waals surface area contributed by atoms with Gasteiger partial charge in [0.15, 0.2) is 0 Å². The first-order chi connectivity index (χ1) is 10.2. The minimum atomic E-state index is 0.405. The van der Waals surface area contributed by atoms with Gasteiger partial charge in [0.2, 0.25) is 0 Å². The van der Waals surface area contributed by atoms with Crippen LogP contribution in [-0.2, 0) is 17.8 Å². The van der Waals surface area contributed by atoms with Crippen LogP contribution in [0.1, 0.15) is 51.4 Å². The molecular weight excluding hydrogens is 264 g/mol. The smallest absolute Gasteiger partial charge is 0.122 e. The molecule has 1 atom stereocenters. The van der Waals surface area contributed by atoms with E-state index in [0.717, 1.165) is 45.0 Å². The molecule has 1 aromatic rings. The van der Waals surface area contributed by atoms with Crippen LogP contribution in [0.2, 0.25) is 0 Å². The van der Waals surface area contributed by atoms with Gasteiger partial charge in [-0.3, -0.25) is 4.90 Å². The van der Waals surface area contributed by atoms with E-state index in [9.17, 15) is 0 Å². The number of likely N-dealkylation sites (tertiary alicyclic amines) is 1. The number of rotatable bonds is 8. The first-order valence-electron chi connectivity index (χ1n) is 8.31. The quantitative estimate of drug-likeness (QED) is 0.799. The third-order valence-electron chi connectivity index (χ3n) is 3.92. The zero-order valence-corrected chi connectivity index (χ0v) is 13.7. The number of ether oxygens (including phenoxy) is 1. The predicted molar refractivity (Wildman–Crippen MR) is 85.2 cm³/mol. The largest absolute Gasteiger partial charge is 0.468 e. The number of hydrogen-bond donors (Lipinski definition) is 1. The molecule has 0 aromatic carbocycles. The van der Waals surface area contributed by atoms with Gasteiger partial charge >= 0.3 is 0 Å². The summed E-state index contributed by atoms with van der Waals surface area (Å²) in [5.74, 6) is 1.07. The van der Waals surface area contributed by atoms with E-state index in [0.29, 0.717) is 12.1 Å². The highest BCUT2D eigenvalue weighted by Crippen LogP contribution is 2.19. The Kier molecular flexibility index (Phi) is 6.74. The van der Waals surface area contributed by atoms with E-state index in [1.807, 2.05) is 6.26 Å². The monoisotopic (exact) mass is 294 g/mol. The van der Waals surface area contributed by atoms with Crippen LogP contribution < -0.4 is 5.32 Å². The number of furan rings is 1. The molecule has 0 radical (unpaired) electrons. The van der Waals surface area contributed by atoms with E-state index >= 15 is 0 Å². The average Bonchev–Trinajstić information content (AvgIpc) is 2.90. The van der Waals surface area contributed by atoms with Gasteiger partial charge < -0.3 is 14.5 Å². The van der Waals surface area contributed by atoms with E-state index in [1.54, 1.807) is 0 Å². The Bertz CT molecular complexity index is 403. The second kappa shape index (κ2) is 8.57. The van der Waals surface area contributed by atoms with Crippen molar-refractivity contribution in [2.75, 3.05) is 19.7 Å². The van der Waals surface area contributed by atoms with Crippen LogP contribution in [0, 0.1) is 0 Å². The highest BCUT2D eigenvalue weighted by atomic mass is 16.5. The third-order valence-corrected chi connectivity index (χ3v) is 3.92. The Labute approximate surface area is 128 Å². The Hall–Kier alpha value is -0.840. The van der Waals surface area contributed by atoms with Crippen molar-refractivity contribution < 1.29 is 9.15 Å². The van der Waals surface area contributed by atoms with Crippen LogP contribution in [0.25, 0.3) is 0 Å². The SMILES string of the molecule is CCCOC1CCCN(Cc2ccoc2CNC(C)C)C1. The molecule has 0 spiro atoms. The Morgan fingerprint density at radius 3 is 3.10 bits per heavy atom. The summed E-state index contributed by atoms with van der Waals surface area (Å²) in [6.07, 6.45) is 5.74. The van der Waals surface area contributed by atoms with E-state index in [-0.39, 0.29) is 0 Å². The van der Waals surface area contributed by atoms with Crippen LogP contribution in [0.3, 0.4) is 0 Å². The summed E-state index contributed by atoms with van der Waals surface area (Å²) in [5, 5.41) is 3.43. The molecular formula is C17H30N2O2. The number of nitrogens with zero attached hydrogens (tertiary/aromatic N) is 1. The third kappa shape index (κ3) is 5.46. The van der Waals surface area contributed by atoms with Gasteiger partial charge in [-0.15, -0.1) is 0 Å². The van der Waals surface area contributed by atoms with Crippen molar-refractivity contribution in [2.24, 2.45) is 0 Å². The lowest BCUT2D eigenvalue weighted by Crippen LogP contribution is -2.39. The van der Waals surface area contributed by atoms with Gasteiger partial charge in [-0.1, -0.05) is 20.8 Å². The van der Waals surface area contributed by atoms with Crippen LogP contribution in [0.4, 0.5) is 0 Å². The topological polar surface area (TPSA) is 37.6 Å². The summed E-state index contributed by atoms with van der Waals surface area (Å²) in [4.78, 5) is 2.49. The molecule has 1 N–H and O–H groups in total. The summed E-state index contributed by atoms with van der Waals surface area (Å²) < 4.78 is 11.5. The lowest BCUT2D eigenvalue weighted by atomic mass is 10.1. The van der Waals surface area contributed by atoms with Crippen molar-refractivity contribution in [3.8, 4) is 0 Å². The molecule has 120 valence electrons. The molecule has 1 aliphatic heterocycles. The predicted octanol–water partition coefficient (Wildman–Crippen LogP) is 3.17. The van der Waals surface area contributed by atoms with Crippen LogP contribution >= 0.6 is 0 Å². The van der Waals surface area contributed by atoms with Gasteiger partial charge in [-0.05, 0) is 31.9 Å². The lowest BCUT2D eigenvalue weighted by Gasteiger charge is -2.32. The Morgan fingerprint density at radius 1 is 1.48 bits per heavy atom. The number of piperidine rings is 1. The van der Waals surface area contributed by atoms with Crippen molar-refractivity contribution in [1.29, 1.82) is 0 Å². The van der Waals surface area contributed by atoms with Gasteiger partial charge in [0.25, 0.3) is 0 Å². The number of nitrogens with one attached hydrogen (secondary N) is 1. The highest BCUT2D eigenvalue weighted by molar-refractivity contribution is 5.17. The van der Waals surface area contributed by atoms with Crippen molar-refractivity contribution in [2.45, 2.75) is 65.3 Å². The standard InChI is InChI=1S/C17H30N2O2/c1-4-9-20-16-6-5-8-19(13-16)12-15-7-10-21-17(15)11-18-14(2)3/h7,10,14,16,18H,4-6,8-9,11-13H2,1-3H3. The zero-order chi connectivity index (χ0) is 15.1. The summed E-state index contributed by atoms with van der Waals surface area (Å²) in [6, 6.07) is 2.58. The second-order valence-electron chi connectivity index (χ2n) is 6.27. The average molecular weight is 294 g/mol. The molecule has 1 aliphatic rings. The van der Waals surface area contributed by atoms with Gasteiger partial charge in [0.05, 0.1) is 18.9 Å². The summed E-state index contributed by atoms with van der Waals surface area (Å²) >= 11 is 0. The Morgan fingerprint density at radius 2 is 2.33 bits per heavy atom. The fraction of sp³-hybridized carbons (Fsp3) is 0.765. The fourth-order valence-corrected chi connectivity index (χ4v) is 2.78. The lowest BCUT2D eigenvalue weighted by molar-refractivity contribution is -0.00236. The summed E-state index contributed by atoms with van der Waals surface area (Å²) in [6.45, 7) is 11.3. The van der Waals surface area contributed by atoms with Crippen LogP contribution in [0.5, 0.6) is 0 Å². The molecule has 4 heteroatoms. The van der Waals surface area contributed by atoms with Gasteiger partial charge in [0.1, 0.15) is 5.76 Å². The van der Waals surface area contributed by atoms with E-state index in [1.165, 1.54) is 18.4 Å². The molecule has 1 fully saturated rings. The maximum atomic E-state index is 5.91. The first-order valence-corrected chi connectivity index (χ1v) is 8.31. The van der Waals surface area contributed by atoms with Crippen molar-refractivity contribution in [3.63, 3.8) is 0 Å². The molecule has 2 heterocycles. The van der Waals surface area contributed by atoms with E-state index in [4.69, 9.17) is 9.15 Å². The molecule has 1 unspecified atom stereocenters. The van der Waals surface area contributed by atoms with E-state index in [2.05, 4.69) is 37.1 Å². The molecule has 0 saturated carbocycles. The molecule has 1 aromatic heterocycles. The highest BCUT2D eigenvalue weighted by Gasteiger charge is 2.21. The van der Waals surface area contributed by atoms with Crippen molar-refractivity contribution in [1.82, 2.24) is 10.2 Å². The summed E-state index contributed by atoms with van der Waals surface area (Å²) in [5.41, 5.74) is 1.30. The molecule has 2 rings (SSSR count). The molecule has 0 bridgehead atoms. The molecule has 0 amide bonds. The maximum Gasteiger partial charge on any atom is 0.122 e. The second-order valence-corrected chi connectivity index (χ2v) is 6.27. The van der Waals surface area contributed by atoms with Gasteiger partial charge in [0, 0.05) is 31.3 Å². The summed E-state index contributed by atoms with van der Waals surface area (Å²) in [7, 11) is 0. The van der Waals surface area contributed by atoms with Crippen LogP contribution in [-0.4, -0.2) is 36.7 Å². The molecule has 0 aliphatic carbocycles. The van der Waals surface area contributed by atoms with Gasteiger partial charge in [-0.25, -0.2) is 0 Å². The molecule has 4 nitrogen and oxygen atoms in total. The first kappa shape index (κ1) is 16.5. The Balaban J connectivity index is 1.84. The minimum absolute atomic E-state index is 0.405. The van der Waals surface area contributed by atoms with Crippen molar-refractivity contribution >= 4 is 0 Å².